The highest BCUT2D eigenvalue weighted by atomic mass is 15.2. The van der Waals surface area contributed by atoms with Gasteiger partial charge in [0.25, 0.3) is 0 Å². The molecule has 1 atom stereocenters. The van der Waals surface area contributed by atoms with Crippen molar-refractivity contribution in [1.82, 2.24) is 10.2 Å². The summed E-state index contributed by atoms with van der Waals surface area (Å²) in [7, 11) is 0. The lowest BCUT2D eigenvalue weighted by Crippen LogP contribution is -2.45. The Morgan fingerprint density at radius 3 is 2.08 bits per heavy atom. The fourth-order valence-electron chi connectivity index (χ4n) is 1.85. The van der Waals surface area contributed by atoms with E-state index in [9.17, 15) is 0 Å². The number of likely N-dealkylation sites (N-methyl/N-ethyl adjacent to an activating group) is 2. The van der Waals surface area contributed by atoms with E-state index >= 15 is 0 Å². The van der Waals surface area contributed by atoms with Gasteiger partial charge in [0.05, 0.1) is 0 Å². The zero-order valence-corrected chi connectivity index (χ0v) is 9.93. The van der Waals surface area contributed by atoms with Gasteiger partial charge in [0.15, 0.2) is 0 Å². The van der Waals surface area contributed by atoms with Gasteiger partial charge in [-0.25, -0.2) is 0 Å². The van der Waals surface area contributed by atoms with Gasteiger partial charge in [-0.05, 0) is 33.4 Å². The fourth-order valence-corrected chi connectivity index (χ4v) is 1.85. The molecule has 0 bridgehead atoms. The minimum absolute atomic E-state index is 0.661. The molecule has 1 N–H and O–H groups in total. The van der Waals surface area contributed by atoms with Crippen molar-refractivity contribution in [3.8, 4) is 0 Å². The summed E-state index contributed by atoms with van der Waals surface area (Å²) in [5, 5.41) is 3.43. The molecule has 0 fully saturated rings. The monoisotopic (exact) mass is 186 g/mol. The number of rotatable bonds is 7. The quantitative estimate of drug-likeness (QED) is 0.655. The van der Waals surface area contributed by atoms with Crippen LogP contribution >= 0.6 is 0 Å². The van der Waals surface area contributed by atoms with Crippen molar-refractivity contribution in [2.45, 2.75) is 53.1 Å². The van der Waals surface area contributed by atoms with Crippen LogP contribution < -0.4 is 5.32 Å². The van der Waals surface area contributed by atoms with E-state index in [1.54, 1.807) is 0 Å². The zero-order chi connectivity index (χ0) is 10.3. The van der Waals surface area contributed by atoms with E-state index < -0.39 is 0 Å². The highest BCUT2D eigenvalue weighted by Gasteiger charge is 2.16. The Morgan fingerprint density at radius 2 is 1.77 bits per heavy atom. The van der Waals surface area contributed by atoms with Crippen LogP contribution in [0.4, 0.5) is 0 Å². The van der Waals surface area contributed by atoms with E-state index in [1.165, 1.54) is 6.42 Å². The summed E-state index contributed by atoms with van der Waals surface area (Å²) in [5.41, 5.74) is 0. The lowest BCUT2D eigenvalue weighted by molar-refractivity contribution is 0.155. The highest BCUT2D eigenvalue weighted by Crippen LogP contribution is 2.07. The number of nitrogens with one attached hydrogen (secondary N) is 1. The summed E-state index contributed by atoms with van der Waals surface area (Å²) >= 11 is 0. The predicted molar refractivity (Wildman–Crippen MR) is 60.1 cm³/mol. The van der Waals surface area contributed by atoms with Crippen LogP contribution in [0.3, 0.4) is 0 Å². The third kappa shape index (κ3) is 4.63. The summed E-state index contributed by atoms with van der Waals surface area (Å²) in [5.74, 6) is 0. The third-order valence-electron chi connectivity index (χ3n) is 2.60. The van der Waals surface area contributed by atoms with E-state index in [1.807, 2.05) is 0 Å². The zero-order valence-electron chi connectivity index (χ0n) is 9.93. The molecule has 0 aliphatic heterocycles. The molecule has 0 radical (unpaired) electrons. The summed E-state index contributed by atoms with van der Waals surface area (Å²) in [6.45, 7) is 14.6. The van der Waals surface area contributed by atoms with Crippen molar-refractivity contribution in [3.63, 3.8) is 0 Å². The Bertz CT molecular complexity index is 113. The second-order valence-corrected chi connectivity index (χ2v) is 3.79. The van der Waals surface area contributed by atoms with Crippen LogP contribution in [0.1, 0.15) is 41.0 Å². The summed E-state index contributed by atoms with van der Waals surface area (Å²) < 4.78 is 0. The van der Waals surface area contributed by atoms with Crippen LogP contribution in [0.15, 0.2) is 0 Å². The number of nitrogens with zero attached hydrogens (tertiary/aromatic N) is 1. The summed E-state index contributed by atoms with van der Waals surface area (Å²) in [4.78, 5) is 2.56. The maximum atomic E-state index is 3.43. The Labute approximate surface area is 83.7 Å². The molecule has 80 valence electrons. The first-order valence-corrected chi connectivity index (χ1v) is 5.63. The van der Waals surface area contributed by atoms with Crippen molar-refractivity contribution < 1.29 is 0 Å². The second kappa shape index (κ2) is 7.34. The molecule has 0 heterocycles. The molecule has 0 aromatic carbocycles. The van der Waals surface area contributed by atoms with Crippen molar-refractivity contribution in [1.29, 1.82) is 0 Å². The summed E-state index contributed by atoms with van der Waals surface area (Å²) in [6, 6.07) is 1.36. The summed E-state index contributed by atoms with van der Waals surface area (Å²) in [6.07, 6.45) is 1.24. The van der Waals surface area contributed by atoms with Gasteiger partial charge in [0, 0.05) is 18.6 Å². The molecule has 0 aromatic heterocycles. The van der Waals surface area contributed by atoms with Crippen molar-refractivity contribution in [2.24, 2.45) is 0 Å². The van der Waals surface area contributed by atoms with Crippen molar-refractivity contribution in [2.75, 3.05) is 19.6 Å². The third-order valence-corrected chi connectivity index (χ3v) is 2.60. The molecule has 2 heteroatoms. The lowest BCUT2D eigenvalue weighted by Gasteiger charge is -2.33. The average Bonchev–Trinajstić information content (AvgIpc) is 2.11. The molecule has 0 saturated carbocycles. The SMILES string of the molecule is CCNCC(CC)N(CC)C(C)C. The van der Waals surface area contributed by atoms with Gasteiger partial charge in [-0.15, -0.1) is 0 Å². The maximum absolute atomic E-state index is 3.43. The van der Waals surface area contributed by atoms with Gasteiger partial charge in [-0.2, -0.15) is 0 Å². The molecule has 0 aliphatic carbocycles. The average molecular weight is 186 g/mol. The Hall–Kier alpha value is -0.0800. The minimum atomic E-state index is 0.661. The number of hydrogen-bond acceptors (Lipinski definition) is 2. The first-order chi connectivity index (χ1) is 6.17. The van der Waals surface area contributed by atoms with Gasteiger partial charge < -0.3 is 5.32 Å². The van der Waals surface area contributed by atoms with E-state index in [4.69, 9.17) is 0 Å². The first-order valence-electron chi connectivity index (χ1n) is 5.63. The van der Waals surface area contributed by atoms with Gasteiger partial charge >= 0.3 is 0 Å². The molecule has 0 rings (SSSR count). The molecule has 13 heavy (non-hydrogen) atoms. The standard InChI is InChI=1S/C11H26N2/c1-6-11(9-12-7-2)13(8-3)10(4)5/h10-12H,6-9H2,1-5H3. The van der Waals surface area contributed by atoms with Gasteiger partial charge in [0.2, 0.25) is 0 Å². The predicted octanol–water partition coefficient (Wildman–Crippen LogP) is 2.10. The van der Waals surface area contributed by atoms with Crippen LogP contribution in [0, 0.1) is 0 Å². The molecule has 0 spiro atoms. The fraction of sp³-hybridized carbons (Fsp3) is 1.00. The molecule has 0 aliphatic rings. The van der Waals surface area contributed by atoms with Gasteiger partial charge in [-0.1, -0.05) is 20.8 Å². The topological polar surface area (TPSA) is 15.3 Å². The molecule has 0 saturated heterocycles. The smallest absolute Gasteiger partial charge is 0.0220 e. The molecular weight excluding hydrogens is 160 g/mol. The van der Waals surface area contributed by atoms with Crippen LogP contribution in [0.2, 0.25) is 0 Å². The Balaban J connectivity index is 4.00. The lowest BCUT2D eigenvalue weighted by atomic mass is 10.1. The molecule has 0 aromatic rings. The van der Waals surface area contributed by atoms with Crippen LogP contribution in [-0.4, -0.2) is 36.6 Å². The van der Waals surface area contributed by atoms with Crippen LogP contribution in [-0.2, 0) is 0 Å². The normalized spacial score (nSPS) is 14.1. The highest BCUT2D eigenvalue weighted by molar-refractivity contribution is 4.74. The van der Waals surface area contributed by atoms with E-state index in [0.717, 1.165) is 19.6 Å². The Morgan fingerprint density at radius 1 is 1.15 bits per heavy atom. The maximum Gasteiger partial charge on any atom is 0.0220 e. The first kappa shape index (κ1) is 12.9. The van der Waals surface area contributed by atoms with E-state index in [-0.39, 0.29) is 0 Å². The van der Waals surface area contributed by atoms with Gasteiger partial charge in [0.1, 0.15) is 0 Å². The molecule has 0 amide bonds. The molecular formula is C11H26N2. The Kier molecular flexibility index (Phi) is 7.29. The van der Waals surface area contributed by atoms with E-state index in [0.29, 0.717) is 12.1 Å². The number of hydrogen-bond donors (Lipinski definition) is 1. The van der Waals surface area contributed by atoms with Crippen LogP contribution in [0.5, 0.6) is 0 Å². The van der Waals surface area contributed by atoms with Crippen molar-refractivity contribution >= 4 is 0 Å². The molecule has 2 nitrogen and oxygen atoms in total. The minimum Gasteiger partial charge on any atom is -0.315 e. The van der Waals surface area contributed by atoms with Gasteiger partial charge in [-0.3, -0.25) is 4.90 Å². The van der Waals surface area contributed by atoms with Crippen molar-refractivity contribution in [3.05, 3.63) is 0 Å². The molecule has 1 unspecified atom stereocenters. The van der Waals surface area contributed by atoms with E-state index in [2.05, 4.69) is 44.8 Å². The van der Waals surface area contributed by atoms with Crippen LogP contribution in [0.25, 0.3) is 0 Å². The largest absolute Gasteiger partial charge is 0.315 e. The second-order valence-electron chi connectivity index (χ2n) is 3.79.